The number of tetrazole rings is 1. The van der Waals surface area contributed by atoms with E-state index in [1.165, 1.54) is 4.80 Å². The van der Waals surface area contributed by atoms with Crippen LogP contribution in [0.3, 0.4) is 0 Å². The number of nitrogens with zero attached hydrogens (tertiary/aromatic N) is 5. The fourth-order valence-electron chi connectivity index (χ4n) is 2.81. The molecule has 25 heavy (non-hydrogen) atoms. The van der Waals surface area contributed by atoms with Crippen LogP contribution >= 0.6 is 24.2 Å². The molecular formula is C14H23ClN6O3S. The number of nitrogens with two attached hydrogens (primary N) is 1. The second kappa shape index (κ2) is 6.40. The van der Waals surface area contributed by atoms with Gasteiger partial charge in [-0.15, -0.1) is 39.2 Å². The second-order valence-electron chi connectivity index (χ2n) is 7.62. The molecule has 2 aliphatic heterocycles. The number of carbonyl (C=O) groups is 2. The highest BCUT2D eigenvalue weighted by Crippen LogP contribution is 2.56. The third-order valence-electron chi connectivity index (χ3n) is 4.12. The fraction of sp³-hybridized carbons (Fsp3) is 0.786. The molecular weight excluding hydrogens is 368 g/mol. The van der Waals surface area contributed by atoms with Crippen LogP contribution in [0.2, 0.25) is 0 Å². The van der Waals surface area contributed by atoms with Crippen molar-refractivity contribution in [3.05, 3.63) is 5.82 Å². The average Bonchev–Trinajstić information content (AvgIpc) is 3.03. The Labute approximate surface area is 156 Å². The number of esters is 1. The summed E-state index contributed by atoms with van der Waals surface area (Å²) in [5.74, 6) is -0.0114. The summed E-state index contributed by atoms with van der Waals surface area (Å²) in [6, 6.07) is -0.770. The first-order chi connectivity index (χ1) is 11.0. The zero-order valence-electron chi connectivity index (χ0n) is 14.8. The molecule has 0 radical (unpaired) electrons. The van der Waals surface area contributed by atoms with Crippen molar-refractivity contribution in [2.75, 3.05) is 0 Å². The van der Waals surface area contributed by atoms with E-state index in [0.29, 0.717) is 5.82 Å². The zero-order chi connectivity index (χ0) is 17.9. The maximum Gasteiger partial charge on any atom is 0.313 e. The molecule has 2 unspecified atom stereocenters. The highest BCUT2D eigenvalue weighted by atomic mass is 35.5. The van der Waals surface area contributed by atoms with Crippen molar-refractivity contribution in [1.29, 1.82) is 0 Å². The number of ether oxygens (including phenoxy) is 1. The quantitative estimate of drug-likeness (QED) is 0.592. The van der Waals surface area contributed by atoms with Gasteiger partial charge >= 0.3 is 5.97 Å². The van der Waals surface area contributed by atoms with Gasteiger partial charge in [-0.1, -0.05) is 0 Å². The highest BCUT2D eigenvalue weighted by Gasteiger charge is 2.61. The highest BCUT2D eigenvalue weighted by molar-refractivity contribution is 8.01. The number of β-lactam (4-membered cyclic amide) rings is 1. The van der Waals surface area contributed by atoms with Gasteiger partial charge in [0.05, 0.1) is 5.41 Å². The van der Waals surface area contributed by atoms with Crippen molar-refractivity contribution in [2.45, 2.75) is 63.6 Å². The normalized spacial score (nSPS) is 27.4. The van der Waals surface area contributed by atoms with Gasteiger partial charge < -0.3 is 15.4 Å². The van der Waals surface area contributed by atoms with Crippen molar-refractivity contribution in [3.63, 3.8) is 0 Å². The lowest BCUT2D eigenvalue weighted by Crippen LogP contribution is -2.65. The predicted octanol–water partition coefficient (Wildman–Crippen LogP) is 0.704. The maximum absolute atomic E-state index is 12.1. The van der Waals surface area contributed by atoms with Crippen molar-refractivity contribution in [2.24, 2.45) is 11.1 Å². The number of halogens is 1. The van der Waals surface area contributed by atoms with Crippen LogP contribution in [0.15, 0.2) is 0 Å². The van der Waals surface area contributed by atoms with Crippen LogP contribution in [0.1, 0.15) is 46.5 Å². The Bertz CT molecular complexity index is 688. The summed E-state index contributed by atoms with van der Waals surface area (Å²) in [7, 11) is 0. The standard InChI is InChI=1S/C14H22N6O3S.ClH/c1-13(2,3)12(22)23-6-19-17-9(16-18-19)8-14(4,5)24-11-7(15)10(21)20(8)11;/h7-8,11H,6,15H2,1-5H3;1H/t7?,8?,11-;/m1./s1. The summed E-state index contributed by atoms with van der Waals surface area (Å²) in [6.07, 6.45) is 0. The molecule has 1 aromatic rings. The van der Waals surface area contributed by atoms with E-state index in [2.05, 4.69) is 15.4 Å². The average molecular weight is 391 g/mol. The Morgan fingerprint density at radius 1 is 1.40 bits per heavy atom. The van der Waals surface area contributed by atoms with Crippen LogP contribution in [0.4, 0.5) is 0 Å². The van der Waals surface area contributed by atoms with Gasteiger partial charge in [0.25, 0.3) is 0 Å². The molecule has 1 amide bonds. The van der Waals surface area contributed by atoms with E-state index in [9.17, 15) is 9.59 Å². The number of fused-ring (bicyclic) bond motifs is 1. The summed E-state index contributed by atoms with van der Waals surface area (Å²) in [6.45, 7) is 9.26. The molecule has 0 saturated carbocycles. The minimum absolute atomic E-state index is 0. The number of rotatable bonds is 3. The summed E-state index contributed by atoms with van der Waals surface area (Å²) in [5.41, 5.74) is 5.27. The van der Waals surface area contributed by atoms with Crippen molar-refractivity contribution < 1.29 is 14.3 Å². The van der Waals surface area contributed by atoms with Gasteiger partial charge in [0, 0.05) is 4.75 Å². The van der Waals surface area contributed by atoms with E-state index in [-0.39, 0.29) is 47.2 Å². The maximum atomic E-state index is 12.1. The van der Waals surface area contributed by atoms with Crippen LogP contribution in [0.25, 0.3) is 0 Å². The molecule has 0 spiro atoms. The molecule has 2 fully saturated rings. The fourth-order valence-corrected chi connectivity index (χ4v) is 4.39. The third kappa shape index (κ3) is 3.34. The largest absolute Gasteiger partial charge is 0.440 e. The minimum atomic E-state index is -0.596. The lowest BCUT2D eigenvalue weighted by Gasteiger charge is -2.41. The second-order valence-corrected chi connectivity index (χ2v) is 9.39. The Kier molecular flexibility index (Phi) is 5.10. The van der Waals surface area contributed by atoms with E-state index in [4.69, 9.17) is 10.5 Å². The molecule has 9 nitrogen and oxygen atoms in total. The first kappa shape index (κ1) is 19.9. The van der Waals surface area contributed by atoms with E-state index in [1.807, 2.05) is 13.8 Å². The van der Waals surface area contributed by atoms with Gasteiger partial charge in [0.15, 0.2) is 5.82 Å². The SMILES string of the molecule is CC(C)(C)C(=O)OCn1nnc(C2N3C(=O)C(N)[C@H]3SC2(C)C)n1.Cl. The summed E-state index contributed by atoms with van der Waals surface area (Å²) in [4.78, 5) is 26.8. The topological polar surface area (TPSA) is 116 Å². The smallest absolute Gasteiger partial charge is 0.313 e. The number of amides is 1. The van der Waals surface area contributed by atoms with Crippen molar-refractivity contribution in [1.82, 2.24) is 25.1 Å². The lowest BCUT2D eigenvalue weighted by molar-refractivity contribution is -0.157. The lowest BCUT2D eigenvalue weighted by atomic mass is 9.96. The molecule has 3 rings (SSSR count). The third-order valence-corrected chi connectivity index (χ3v) is 5.71. The molecule has 0 aromatic carbocycles. The Balaban J connectivity index is 0.00000225. The van der Waals surface area contributed by atoms with Gasteiger partial charge in [-0.05, 0) is 39.8 Å². The summed E-state index contributed by atoms with van der Waals surface area (Å²) >= 11 is 1.64. The minimum Gasteiger partial charge on any atom is -0.440 e. The molecule has 0 aliphatic carbocycles. The monoisotopic (exact) mass is 390 g/mol. The molecule has 1 aromatic heterocycles. The molecule has 140 valence electrons. The molecule has 3 heterocycles. The van der Waals surface area contributed by atoms with Crippen molar-refractivity contribution >= 4 is 36.0 Å². The van der Waals surface area contributed by atoms with E-state index >= 15 is 0 Å². The Hall–Kier alpha value is -1.39. The van der Waals surface area contributed by atoms with E-state index in [1.54, 1.807) is 37.4 Å². The van der Waals surface area contributed by atoms with Crippen LogP contribution in [-0.4, -0.2) is 53.1 Å². The first-order valence-corrected chi connectivity index (χ1v) is 8.61. The molecule has 2 N–H and O–H groups in total. The van der Waals surface area contributed by atoms with Crippen LogP contribution in [0, 0.1) is 5.41 Å². The van der Waals surface area contributed by atoms with Crippen LogP contribution in [0.5, 0.6) is 0 Å². The Morgan fingerprint density at radius 3 is 2.64 bits per heavy atom. The molecule has 2 saturated heterocycles. The zero-order valence-corrected chi connectivity index (χ0v) is 16.4. The van der Waals surface area contributed by atoms with Gasteiger partial charge in [-0.2, -0.15) is 0 Å². The van der Waals surface area contributed by atoms with E-state index < -0.39 is 11.5 Å². The van der Waals surface area contributed by atoms with Crippen LogP contribution in [-0.2, 0) is 21.1 Å². The van der Waals surface area contributed by atoms with Gasteiger partial charge in [0.2, 0.25) is 12.6 Å². The van der Waals surface area contributed by atoms with E-state index in [0.717, 1.165) is 0 Å². The summed E-state index contributed by atoms with van der Waals surface area (Å²) < 4.78 is 4.90. The molecule has 0 bridgehead atoms. The van der Waals surface area contributed by atoms with Crippen molar-refractivity contribution in [3.8, 4) is 0 Å². The van der Waals surface area contributed by atoms with Gasteiger partial charge in [-0.3, -0.25) is 9.59 Å². The first-order valence-electron chi connectivity index (χ1n) is 7.73. The summed E-state index contributed by atoms with van der Waals surface area (Å²) in [5, 5.41) is 12.2. The number of hydrogen-bond acceptors (Lipinski definition) is 8. The number of hydrogen-bond donors (Lipinski definition) is 1. The molecule has 2 aliphatic rings. The molecule has 11 heteroatoms. The van der Waals surface area contributed by atoms with Crippen LogP contribution < -0.4 is 5.73 Å². The molecule has 3 atom stereocenters. The number of thioether (sulfide) groups is 1. The Morgan fingerprint density at radius 2 is 2.04 bits per heavy atom. The number of carbonyl (C=O) groups excluding carboxylic acids is 2. The van der Waals surface area contributed by atoms with Gasteiger partial charge in [0.1, 0.15) is 17.5 Å². The number of aromatic nitrogens is 4. The van der Waals surface area contributed by atoms with Gasteiger partial charge in [-0.25, -0.2) is 0 Å². The predicted molar refractivity (Wildman–Crippen MR) is 93.6 cm³/mol.